The number of carboxylic acids is 2. The minimum atomic E-state index is -1.45. The maximum absolute atomic E-state index is 11.6. The number of carbonyl (C=O) groups is 3. The third-order valence-electron chi connectivity index (χ3n) is 2.87. The van der Waals surface area contributed by atoms with E-state index in [1.165, 1.54) is 5.56 Å². The normalized spacial score (nSPS) is 11.5. The molecule has 0 aliphatic carbocycles. The molecule has 0 bridgehead atoms. The fourth-order valence-corrected chi connectivity index (χ4v) is 1.66. The van der Waals surface area contributed by atoms with E-state index in [0.29, 0.717) is 0 Å². The van der Waals surface area contributed by atoms with Gasteiger partial charge in [0, 0.05) is 6.54 Å². The van der Waals surface area contributed by atoms with E-state index in [0.717, 1.165) is 12.0 Å². The van der Waals surface area contributed by atoms with Crippen molar-refractivity contribution in [1.29, 1.82) is 0 Å². The van der Waals surface area contributed by atoms with Gasteiger partial charge in [-0.3, -0.25) is 4.79 Å². The summed E-state index contributed by atoms with van der Waals surface area (Å²) in [7, 11) is 0. The summed E-state index contributed by atoms with van der Waals surface area (Å²) in [6, 6.07) is 5.45. The number of hydrogen-bond donors (Lipinski definition) is 4. The van der Waals surface area contributed by atoms with Crippen LogP contribution in [-0.2, 0) is 22.6 Å². The van der Waals surface area contributed by atoms with Crippen LogP contribution in [0.1, 0.15) is 24.5 Å². The maximum Gasteiger partial charge on any atom is 0.326 e. The van der Waals surface area contributed by atoms with Crippen molar-refractivity contribution >= 4 is 18.0 Å². The molecule has 21 heavy (non-hydrogen) atoms. The predicted octanol–water partition coefficient (Wildman–Crippen LogP) is 0.976. The number of aliphatic carboxylic acids is 2. The number of urea groups is 1. The van der Waals surface area contributed by atoms with E-state index < -0.39 is 30.4 Å². The summed E-state index contributed by atoms with van der Waals surface area (Å²) in [4.78, 5) is 32.9. The molecule has 0 saturated heterocycles. The van der Waals surface area contributed by atoms with Gasteiger partial charge in [-0.25, -0.2) is 9.59 Å². The molecule has 1 unspecified atom stereocenters. The first-order valence-electron chi connectivity index (χ1n) is 6.49. The van der Waals surface area contributed by atoms with Crippen molar-refractivity contribution in [1.82, 2.24) is 10.6 Å². The first kappa shape index (κ1) is 16.5. The molecule has 1 rings (SSSR count). The number of carbonyl (C=O) groups excluding carboxylic acids is 1. The Morgan fingerprint density at radius 1 is 1.10 bits per heavy atom. The molecule has 0 aromatic heterocycles. The summed E-state index contributed by atoms with van der Waals surface area (Å²) in [6.07, 6.45) is 0.248. The Morgan fingerprint density at radius 3 is 2.14 bits per heavy atom. The van der Waals surface area contributed by atoms with Gasteiger partial charge in [-0.05, 0) is 17.5 Å². The highest BCUT2D eigenvalue weighted by Crippen LogP contribution is 2.04. The Morgan fingerprint density at radius 2 is 1.67 bits per heavy atom. The van der Waals surface area contributed by atoms with Gasteiger partial charge in [0.15, 0.2) is 0 Å². The molecule has 1 aromatic carbocycles. The van der Waals surface area contributed by atoms with E-state index in [2.05, 4.69) is 10.6 Å². The number of amides is 2. The number of hydrogen-bond acceptors (Lipinski definition) is 3. The van der Waals surface area contributed by atoms with Crippen LogP contribution in [0.4, 0.5) is 4.79 Å². The molecule has 1 aromatic rings. The minimum Gasteiger partial charge on any atom is -0.481 e. The lowest BCUT2D eigenvalue weighted by Gasteiger charge is -2.13. The van der Waals surface area contributed by atoms with Gasteiger partial charge < -0.3 is 20.8 Å². The van der Waals surface area contributed by atoms with Gasteiger partial charge in [-0.1, -0.05) is 31.2 Å². The van der Waals surface area contributed by atoms with Gasteiger partial charge in [0.1, 0.15) is 6.04 Å². The number of nitrogens with one attached hydrogen (secondary N) is 2. The van der Waals surface area contributed by atoms with Crippen molar-refractivity contribution in [2.24, 2.45) is 0 Å². The third kappa shape index (κ3) is 5.94. The molecule has 0 fully saturated rings. The molecule has 114 valence electrons. The van der Waals surface area contributed by atoms with Crippen molar-refractivity contribution < 1.29 is 24.6 Å². The van der Waals surface area contributed by atoms with E-state index in [-0.39, 0.29) is 6.54 Å². The summed E-state index contributed by atoms with van der Waals surface area (Å²) in [5.41, 5.74) is 2.04. The zero-order valence-corrected chi connectivity index (χ0v) is 11.6. The molecular weight excluding hydrogens is 276 g/mol. The Balaban J connectivity index is 2.48. The molecule has 0 saturated carbocycles. The lowest BCUT2D eigenvalue weighted by molar-refractivity contribution is -0.145. The van der Waals surface area contributed by atoms with Crippen molar-refractivity contribution in [2.45, 2.75) is 32.4 Å². The second-order valence-electron chi connectivity index (χ2n) is 4.49. The fraction of sp³-hybridized carbons (Fsp3) is 0.357. The first-order valence-corrected chi connectivity index (χ1v) is 6.49. The van der Waals surface area contributed by atoms with Crippen molar-refractivity contribution in [3.63, 3.8) is 0 Å². The SMILES string of the molecule is CCc1ccc(CNC(=O)NC(CC(=O)O)C(=O)O)cc1. The summed E-state index contributed by atoms with van der Waals surface area (Å²) in [5.74, 6) is -2.68. The first-order chi connectivity index (χ1) is 9.92. The van der Waals surface area contributed by atoms with Gasteiger partial charge >= 0.3 is 18.0 Å². The Bertz CT molecular complexity index is 513. The Kier molecular flexibility index (Phi) is 6.19. The van der Waals surface area contributed by atoms with Crippen molar-refractivity contribution in [3.05, 3.63) is 35.4 Å². The maximum atomic E-state index is 11.6. The number of benzene rings is 1. The average Bonchev–Trinajstić information content (AvgIpc) is 2.44. The largest absolute Gasteiger partial charge is 0.481 e. The Hall–Kier alpha value is -2.57. The molecule has 0 aliphatic rings. The molecule has 0 heterocycles. The summed E-state index contributed by atoms with van der Waals surface area (Å²) >= 11 is 0. The monoisotopic (exact) mass is 294 g/mol. The predicted molar refractivity (Wildman–Crippen MR) is 74.9 cm³/mol. The zero-order chi connectivity index (χ0) is 15.8. The lowest BCUT2D eigenvalue weighted by atomic mass is 10.1. The van der Waals surface area contributed by atoms with E-state index >= 15 is 0 Å². The topological polar surface area (TPSA) is 116 Å². The molecule has 0 aliphatic heterocycles. The lowest BCUT2D eigenvalue weighted by Crippen LogP contribution is -2.46. The van der Waals surface area contributed by atoms with Crippen molar-refractivity contribution in [3.8, 4) is 0 Å². The number of rotatable bonds is 7. The fourth-order valence-electron chi connectivity index (χ4n) is 1.66. The van der Waals surface area contributed by atoms with Crippen molar-refractivity contribution in [2.75, 3.05) is 0 Å². The third-order valence-corrected chi connectivity index (χ3v) is 2.87. The molecule has 0 spiro atoms. The smallest absolute Gasteiger partial charge is 0.326 e. The standard InChI is InChI=1S/C14H18N2O5/c1-2-9-3-5-10(6-4-9)8-15-14(21)16-11(13(19)20)7-12(17)18/h3-6,11H,2,7-8H2,1H3,(H,17,18)(H,19,20)(H2,15,16,21). The molecular formula is C14H18N2O5. The summed E-state index contributed by atoms with van der Waals surface area (Å²) < 4.78 is 0. The second-order valence-corrected chi connectivity index (χ2v) is 4.49. The molecule has 0 radical (unpaired) electrons. The van der Waals surface area contributed by atoms with Crippen LogP contribution in [-0.4, -0.2) is 34.2 Å². The highest BCUT2D eigenvalue weighted by molar-refractivity contribution is 5.86. The van der Waals surface area contributed by atoms with Gasteiger partial charge in [0.2, 0.25) is 0 Å². The molecule has 7 heteroatoms. The zero-order valence-electron chi connectivity index (χ0n) is 11.6. The van der Waals surface area contributed by atoms with Gasteiger partial charge in [-0.15, -0.1) is 0 Å². The van der Waals surface area contributed by atoms with E-state index in [4.69, 9.17) is 10.2 Å². The van der Waals surface area contributed by atoms with Gasteiger partial charge in [-0.2, -0.15) is 0 Å². The minimum absolute atomic E-state index is 0.231. The van der Waals surface area contributed by atoms with Crippen LogP contribution in [0.5, 0.6) is 0 Å². The quantitative estimate of drug-likeness (QED) is 0.598. The van der Waals surface area contributed by atoms with Crippen LogP contribution in [0.3, 0.4) is 0 Å². The summed E-state index contributed by atoms with van der Waals surface area (Å²) in [5, 5.41) is 22.0. The van der Waals surface area contributed by atoms with E-state index in [1.54, 1.807) is 0 Å². The van der Waals surface area contributed by atoms with Crippen LogP contribution in [0, 0.1) is 0 Å². The van der Waals surface area contributed by atoms with E-state index in [1.807, 2.05) is 31.2 Å². The van der Waals surface area contributed by atoms with Gasteiger partial charge in [0.25, 0.3) is 0 Å². The van der Waals surface area contributed by atoms with Gasteiger partial charge in [0.05, 0.1) is 6.42 Å². The molecule has 7 nitrogen and oxygen atoms in total. The molecule has 1 atom stereocenters. The molecule has 2 amide bonds. The highest BCUT2D eigenvalue weighted by Gasteiger charge is 2.22. The molecule has 4 N–H and O–H groups in total. The van der Waals surface area contributed by atoms with E-state index in [9.17, 15) is 14.4 Å². The van der Waals surface area contributed by atoms with Crippen LogP contribution in [0.15, 0.2) is 24.3 Å². The van der Waals surface area contributed by atoms with Crippen LogP contribution >= 0.6 is 0 Å². The van der Waals surface area contributed by atoms with Crippen LogP contribution < -0.4 is 10.6 Å². The van der Waals surface area contributed by atoms with Crippen LogP contribution in [0.2, 0.25) is 0 Å². The second kappa shape index (κ2) is 7.88. The average molecular weight is 294 g/mol. The van der Waals surface area contributed by atoms with Crippen LogP contribution in [0.25, 0.3) is 0 Å². The number of carboxylic acid groups (broad SMARTS) is 2. The Labute approximate surface area is 122 Å². The summed E-state index contributed by atoms with van der Waals surface area (Å²) in [6.45, 7) is 2.27. The highest BCUT2D eigenvalue weighted by atomic mass is 16.4. The number of aryl methyl sites for hydroxylation is 1.